The predicted molar refractivity (Wildman–Crippen MR) is 110 cm³/mol. The molecule has 0 radical (unpaired) electrons. The third kappa shape index (κ3) is 3.24. The Balaban J connectivity index is 1.65. The average Bonchev–Trinajstić information content (AvgIpc) is 3.25. The number of non-ortho nitro benzene ring substituents is 1. The quantitative estimate of drug-likeness (QED) is 0.432. The molecule has 30 heavy (non-hydrogen) atoms. The highest BCUT2D eigenvalue weighted by Crippen LogP contribution is 2.47. The normalized spacial score (nSPS) is 23.8. The molecule has 2 heterocycles. The lowest BCUT2D eigenvalue weighted by atomic mass is 9.93. The van der Waals surface area contributed by atoms with Gasteiger partial charge in [0, 0.05) is 30.5 Å². The minimum atomic E-state index is -1.11. The van der Waals surface area contributed by atoms with Crippen molar-refractivity contribution in [3.63, 3.8) is 0 Å². The summed E-state index contributed by atoms with van der Waals surface area (Å²) < 4.78 is 0. The molecule has 2 atom stereocenters. The van der Waals surface area contributed by atoms with E-state index in [4.69, 9.17) is 0 Å². The number of rotatable bonds is 5. The number of carbonyl (C=O) groups excluding carboxylic acids is 2. The lowest BCUT2D eigenvalue weighted by Crippen LogP contribution is -2.71. The van der Waals surface area contributed by atoms with E-state index in [0.29, 0.717) is 11.4 Å². The van der Waals surface area contributed by atoms with Crippen LogP contribution in [0.15, 0.2) is 35.5 Å². The Morgan fingerprint density at radius 2 is 1.87 bits per heavy atom. The molecule has 4 rings (SSSR count). The van der Waals surface area contributed by atoms with E-state index in [2.05, 4.69) is 0 Å². The van der Waals surface area contributed by atoms with Gasteiger partial charge in [-0.15, -0.1) is 11.8 Å². The van der Waals surface area contributed by atoms with Crippen molar-refractivity contribution in [3.8, 4) is 0 Å². The summed E-state index contributed by atoms with van der Waals surface area (Å²) in [6, 6.07) is 4.58. The SMILES string of the molecule is CC(=O)N(c1ccc([N+](=O)[O-])cc1)C1C(=O)N2C(C(=O)O)=C(C3CCCC3)CS[C@@H]12. The fourth-order valence-corrected chi connectivity index (χ4v) is 6.09. The number of amides is 2. The number of nitro benzene ring substituents is 1. The predicted octanol–water partition coefficient (Wildman–Crippen LogP) is 2.76. The third-order valence-electron chi connectivity index (χ3n) is 5.98. The molecule has 3 aliphatic rings. The summed E-state index contributed by atoms with van der Waals surface area (Å²) in [5.41, 5.74) is 1.14. The van der Waals surface area contributed by atoms with Gasteiger partial charge in [-0.1, -0.05) is 12.8 Å². The van der Waals surface area contributed by atoms with E-state index >= 15 is 0 Å². The first-order chi connectivity index (χ1) is 14.3. The van der Waals surface area contributed by atoms with Crippen LogP contribution in [0.1, 0.15) is 32.6 Å². The highest BCUT2D eigenvalue weighted by atomic mass is 32.2. The first-order valence-corrected chi connectivity index (χ1v) is 10.8. The van der Waals surface area contributed by atoms with Crippen molar-refractivity contribution < 1.29 is 24.4 Å². The summed E-state index contributed by atoms with van der Waals surface area (Å²) in [6.45, 7) is 1.32. The highest BCUT2D eigenvalue weighted by Gasteiger charge is 2.57. The number of nitro groups is 1. The second kappa shape index (κ2) is 7.75. The summed E-state index contributed by atoms with van der Waals surface area (Å²) in [6.07, 6.45) is 3.99. The number of hydrogen-bond donors (Lipinski definition) is 1. The van der Waals surface area contributed by atoms with E-state index in [1.807, 2.05) is 0 Å². The van der Waals surface area contributed by atoms with Crippen LogP contribution in [0.4, 0.5) is 11.4 Å². The maximum atomic E-state index is 13.1. The smallest absolute Gasteiger partial charge is 0.352 e. The Labute approximate surface area is 176 Å². The van der Waals surface area contributed by atoms with Crippen molar-refractivity contribution in [1.29, 1.82) is 0 Å². The number of carbonyl (C=O) groups is 3. The van der Waals surface area contributed by atoms with Crippen LogP contribution < -0.4 is 4.90 Å². The number of carboxylic acid groups (broad SMARTS) is 1. The van der Waals surface area contributed by atoms with Crippen LogP contribution in [0.3, 0.4) is 0 Å². The summed E-state index contributed by atoms with van der Waals surface area (Å²) in [5, 5.41) is 20.2. The van der Waals surface area contributed by atoms with Crippen LogP contribution in [-0.4, -0.2) is 49.9 Å². The number of aliphatic carboxylic acids is 1. The molecule has 0 spiro atoms. The van der Waals surface area contributed by atoms with E-state index in [1.54, 1.807) is 0 Å². The van der Waals surface area contributed by atoms with Gasteiger partial charge < -0.3 is 5.11 Å². The monoisotopic (exact) mass is 431 g/mol. The Morgan fingerprint density at radius 1 is 1.23 bits per heavy atom. The number of fused-ring (bicyclic) bond motifs is 1. The van der Waals surface area contributed by atoms with Gasteiger partial charge in [-0.25, -0.2) is 4.79 Å². The van der Waals surface area contributed by atoms with Crippen molar-refractivity contribution in [2.45, 2.75) is 44.0 Å². The third-order valence-corrected chi connectivity index (χ3v) is 7.26. The molecule has 1 unspecified atom stereocenters. The number of benzene rings is 1. The zero-order chi connectivity index (χ0) is 21.6. The maximum absolute atomic E-state index is 13.1. The van der Waals surface area contributed by atoms with Crippen molar-refractivity contribution >= 4 is 40.9 Å². The Hall–Kier alpha value is -2.88. The van der Waals surface area contributed by atoms with Crippen molar-refractivity contribution in [2.24, 2.45) is 5.92 Å². The van der Waals surface area contributed by atoms with Crippen LogP contribution >= 0.6 is 11.8 Å². The van der Waals surface area contributed by atoms with Crippen molar-refractivity contribution in [3.05, 3.63) is 45.6 Å². The largest absolute Gasteiger partial charge is 0.477 e. The maximum Gasteiger partial charge on any atom is 0.352 e. The van der Waals surface area contributed by atoms with Gasteiger partial charge in [0.25, 0.3) is 11.6 Å². The molecule has 2 aliphatic heterocycles. The van der Waals surface area contributed by atoms with Gasteiger partial charge in [0.2, 0.25) is 5.91 Å². The molecule has 1 aliphatic carbocycles. The number of nitrogens with zero attached hydrogens (tertiary/aromatic N) is 3. The lowest BCUT2D eigenvalue weighted by Gasteiger charge is -2.53. The summed E-state index contributed by atoms with van der Waals surface area (Å²) in [7, 11) is 0. The van der Waals surface area contributed by atoms with Crippen LogP contribution in [0.2, 0.25) is 0 Å². The fraction of sp³-hybridized carbons (Fsp3) is 0.450. The van der Waals surface area contributed by atoms with E-state index < -0.39 is 28.2 Å². The first-order valence-electron chi connectivity index (χ1n) is 9.76. The van der Waals surface area contributed by atoms with Gasteiger partial charge in [0.05, 0.1) is 4.92 Å². The number of anilines is 1. The average molecular weight is 431 g/mol. The second-order valence-electron chi connectivity index (χ2n) is 7.68. The number of hydrogen-bond acceptors (Lipinski definition) is 6. The van der Waals surface area contributed by atoms with Crippen LogP contribution in [-0.2, 0) is 14.4 Å². The van der Waals surface area contributed by atoms with E-state index in [-0.39, 0.29) is 23.2 Å². The zero-order valence-electron chi connectivity index (χ0n) is 16.3. The standard InChI is InChI=1S/C20H21N3O6S/c1-11(24)21(13-6-8-14(9-7-13)23(28)29)17-18(25)22-16(20(26)27)15(10-30-19(17)22)12-4-2-3-5-12/h6-9,12,17,19H,2-5,10H2,1H3,(H,26,27)/t17?,19-/m0/s1. The topological polar surface area (TPSA) is 121 Å². The van der Waals surface area contributed by atoms with Crippen LogP contribution in [0.25, 0.3) is 0 Å². The molecule has 9 nitrogen and oxygen atoms in total. The fourth-order valence-electron chi connectivity index (χ4n) is 4.59. The molecule has 1 saturated carbocycles. The number of thioether (sulfide) groups is 1. The molecule has 2 amide bonds. The highest BCUT2D eigenvalue weighted by molar-refractivity contribution is 8.00. The van der Waals surface area contributed by atoms with Crippen LogP contribution in [0.5, 0.6) is 0 Å². The molecule has 1 aromatic rings. The molecule has 10 heteroatoms. The molecule has 1 aromatic carbocycles. The number of carboxylic acids is 1. The van der Waals surface area contributed by atoms with Crippen LogP contribution in [0, 0.1) is 16.0 Å². The summed E-state index contributed by atoms with van der Waals surface area (Å²) >= 11 is 1.47. The molecular weight excluding hydrogens is 410 g/mol. The van der Waals surface area contributed by atoms with Crippen molar-refractivity contribution in [1.82, 2.24) is 4.90 Å². The lowest BCUT2D eigenvalue weighted by molar-refractivity contribution is -0.384. The molecule has 2 fully saturated rings. The molecule has 158 valence electrons. The van der Waals surface area contributed by atoms with Crippen molar-refractivity contribution in [2.75, 3.05) is 10.7 Å². The van der Waals surface area contributed by atoms with E-state index in [0.717, 1.165) is 31.3 Å². The van der Waals surface area contributed by atoms with Gasteiger partial charge in [-0.3, -0.25) is 29.5 Å². The summed E-state index contributed by atoms with van der Waals surface area (Å²) in [4.78, 5) is 50.5. The van der Waals surface area contributed by atoms with Gasteiger partial charge >= 0.3 is 5.97 Å². The van der Waals surface area contributed by atoms with E-state index in [9.17, 15) is 29.6 Å². The minimum absolute atomic E-state index is 0.0686. The Morgan fingerprint density at radius 3 is 2.40 bits per heavy atom. The Kier molecular flexibility index (Phi) is 5.27. The molecular formula is C20H21N3O6S. The summed E-state index contributed by atoms with van der Waals surface area (Å²) in [5.74, 6) is -1.23. The molecule has 1 N–H and O–H groups in total. The van der Waals surface area contributed by atoms with Gasteiger partial charge in [0.15, 0.2) is 0 Å². The minimum Gasteiger partial charge on any atom is -0.477 e. The molecule has 1 saturated heterocycles. The number of β-lactam (4-membered cyclic amide) rings is 1. The zero-order valence-corrected chi connectivity index (χ0v) is 17.1. The van der Waals surface area contributed by atoms with E-state index in [1.165, 1.54) is 52.8 Å². The van der Waals surface area contributed by atoms with Gasteiger partial charge in [-0.2, -0.15) is 0 Å². The van der Waals surface area contributed by atoms with Gasteiger partial charge in [0.1, 0.15) is 17.1 Å². The second-order valence-corrected chi connectivity index (χ2v) is 8.78. The van der Waals surface area contributed by atoms with Gasteiger partial charge in [-0.05, 0) is 36.5 Å². The molecule has 0 bridgehead atoms. The first kappa shape index (κ1) is 20.4. The molecule has 0 aromatic heterocycles. The Bertz CT molecular complexity index is 954.